The Hall–Kier alpha value is -1.44. The summed E-state index contributed by atoms with van der Waals surface area (Å²) >= 11 is 0. The Labute approximate surface area is 120 Å². The fraction of sp³-hybridized carbons (Fsp3) is 0.692. The molecule has 4 nitrogen and oxygen atoms in total. The Morgan fingerprint density at radius 2 is 1.90 bits per heavy atom. The quantitative estimate of drug-likeness (QED) is 0.749. The van der Waals surface area contributed by atoms with E-state index in [9.17, 15) is 17.6 Å². The van der Waals surface area contributed by atoms with Crippen molar-refractivity contribution in [1.29, 1.82) is 0 Å². The molecule has 0 aromatic carbocycles. The minimum atomic E-state index is -4.16. The molecular formula is C13H19F4N3O. The summed E-state index contributed by atoms with van der Waals surface area (Å²) in [5.41, 5.74) is 1.64. The Morgan fingerprint density at radius 3 is 2.43 bits per heavy atom. The van der Waals surface area contributed by atoms with Crippen LogP contribution in [0.15, 0.2) is 0 Å². The summed E-state index contributed by atoms with van der Waals surface area (Å²) in [5, 5.41) is 3.04. The molecule has 1 aromatic heterocycles. The number of nitrogens with zero attached hydrogens (tertiary/aromatic N) is 2. The van der Waals surface area contributed by atoms with Gasteiger partial charge in [-0.05, 0) is 20.3 Å². The van der Waals surface area contributed by atoms with Crippen molar-refractivity contribution in [2.75, 3.05) is 18.5 Å². The van der Waals surface area contributed by atoms with Gasteiger partial charge < -0.3 is 10.1 Å². The van der Waals surface area contributed by atoms with Gasteiger partial charge in [0.2, 0.25) is 0 Å². The number of aromatic nitrogens is 2. The number of hydrogen-bond donors (Lipinski definition) is 1. The highest BCUT2D eigenvalue weighted by molar-refractivity contribution is 5.45. The largest absolute Gasteiger partial charge is 0.370 e. The van der Waals surface area contributed by atoms with Crippen LogP contribution in [0.25, 0.3) is 0 Å². The summed E-state index contributed by atoms with van der Waals surface area (Å²) in [4.78, 5) is 8.35. The van der Waals surface area contributed by atoms with Gasteiger partial charge in [0.15, 0.2) is 5.82 Å². The molecule has 0 fully saturated rings. The van der Waals surface area contributed by atoms with Gasteiger partial charge in [0, 0.05) is 17.8 Å². The first-order valence-corrected chi connectivity index (χ1v) is 6.65. The molecule has 0 saturated carbocycles. The van der Waals surface area contributed by atoms with Crippen LogP contribution in [-0.2, 0) is 17.8 Å². The van der Waals surface area contributed by atoms with E-state index in [1.165, 1.54) is 0 Å². The maximum absolute atomic E-state index is 12.7. The van der Waals surface area contributed by atoms with E-state index in [0.29, 0.717) is 18.8 Å². The van der Waals surface area contributed by atoms with Crippen molar-refractivity contribution in [1.82, 2.24) is 9.97 Å². The van der Waals surface area contributed by atoms with Crippen molar-refractivity contribution in [3.63, 3.8) is 0 Å². The molecule has 1 aromatic rings. The molecule has 1 N–H and O–H groups in total. The number of rotatable bonds is 8. The van der Waals surface area contributed by atoms with E-state index in [1.807, 2.05) is 20.8 Å². The zero-order valence-corrected chi connectivity index (χ0v) is 12.2. The minimum absolute atomic E-state index is 0.193. The second-order valence-corrected chi connectivity index (χ2v) is 4.50. The molecule has 120 valence electrons. The topological polar surface area (TPSA) is 47.0 Å². The van der Waals surface area contributed by atoms with Crippen LogP contribution in [0, 0.1) is 6.92 Å². The van der Waals surface area contributed by atoms with Gasteiger partial charge in [-0.25, -0.2) is 18.7 Å². The van der Waals surface area contributed by atoms with E-state index in [1.54, 1.807) is 0 Å². The summed E-state index contributed by atoms with van der Waals surface area (Å²) in [6.07, 6.45) is -3.10. The average molecular weight is 309 g/mol. The number of halogens is 4. The predicted molar refractivity (Wildman–Crippen MR) is 70.9 cm³/mol. The van der Waals surface area contributed by atoms with Crippen molar-refractivity contribution in [2.24, 2.45) is 0 Å². The third-order valence-electron chi connectivity index (χ3n) is 2.82. The molecule has 0 atom stereocenters. The van der Waals surface area contributed by atoms with Gasteiger partial charge >= 0.3 is 12.3 Å². The van der Waals surface area contributed by atoms with Crippen LogP contribution in [0.3, 0.4) is 0 Å². The van der Waals surface area contributed by atoms with Crippen LogP contribution >= 0.6 is 0 Å². The molecule has 0 spiro atoms. The molecule has 1 heterocycles. The molecule has 1 rings (SSSR count). The Kier molecular flexibility index (Phi) is 6.32. The van der Waals surface area contributed by atoms with Crippen LogP contribution < -0.4 is 5.32 Å². The number of alkyl halides is 4. The zero-order chi connectivity index (χ0) is 16.0. The lowest BCUT2D eigenvalue weighted by Gasteiger charge is -2.16. The van der Waals surface area contributed by atoms with E-state index in [2.05, 4.69) is 20.0 Å². The first kappa shape index (κ1) is 17.6. The third kappa shape index (κ3) is 4.80. The average Bonchev–Trinajstić information content (AvgIpc) is 2.42. The zero-order valence-electron chi connectivity index (χ0n) is 12.2. The van der Waals surface area contributed by atoms with E-state index >= 15 is 0 Å². The van der Waals surface area contributed by atoms with E-state index < -0.39 is 19.0 Å². The van der Waals surface area contributed by atoms with Crippen molar-refractivity contribution in [2.45, 2.75) is 46.1 Å². The Bertz CT molecular complexity index is 469. The molecule has 0 aliphatic carbocycles. The molecule has 0 amide bonds. The first-order chi connectivity index (χ1) is 9.81. The number of aryl methyl sites for hydroxylation is 1. The lowest BCUT2D eigenvalue weighted by atomic mass is 10.2. The third-order valence-corrected chi connectivity index (χ3v) is 2.82. The molecule has 0 aliphatic rings. The number of anilines is 1. The molecule has 0 radical (unpaired) electrons. The highest BCUT2D eigenvalue weighted by atomic mass is 19.3. The summed E-state index contributed by atoms with van der Waals surface area (Å²) in [5.74, 6) is -3.37. The van der Waals surface area contributed by atoms with Crippen molar-refractivity contribution in [3.8, 4) is 0 Å². The number of nitrogens with one attached hydrogen (secondary N) is 1. The van der Waals surface area contributed by atoms with Gasteiger partial charge in [0.1, 0.15) is 19.0 Å². The summed E-state index contributed by atoms with van der Waals surface area (Å²) in [6.45, 7) is 4.60. The molecule has 21 heavy (non-hydrogen) atoms. The van der Waals surface area contributed by atoms with Gasteiger partial charge in [-0.2, -0.15) is 8.78 Å². The van der Waals surface area contributed by atoms with Gasteiger partial charge in [0.25, 0.3) is 0 Å². The first-order valence-electron chi connectivity index (χ1n) is 6.65. The summed E-state index contributed by atoms with van der Waals surface area (Å²) in [7, 11) is 0. The maximum atomic E-state index is 12.7. The Morgan fingerprint density at radius 1 is 1.24 bits per heavy atom. The highest BCUT2D eigenvalue weighted by Crippen LogP contribution is 2.23. The molecule has 0 saturated heterocycles. The second kappa shape index (κ2) is 7.53. The van der Waals surface area contributed by atoms with Crippen molar-refractivity contribution in [3.05, 3.63) is 17.1 Å². The number of ether oxygens (including phenoxy) is 1. The van der Waals surface area contributed by atoms with E-state index in [4.69, 9.17) is 0 Å². The van der Waals surface area contributed by atoms with Gasteiger partial charge in [-0.3, -0.25) is 0 Å². The van der Waals surface area contributed by atoms with Gasteiger partial charge in [-0.15, -0.1) is 0 Å². The fourth-order valence-corrected chi connectivity index (χ4v) is 1.70. The summed E-state index contributed by atoms with van der Waals surface area (Å²) < 4.78 is 54.1. The standard InChI is InChI=1S/C13H19F4N3O/c1-4-9-8(3)11(18-5-2)20-10(19-9)6-21-7-13(16,17)12(14)15/h12H,4-7H2,1-3H3,(H,18,19,20). The van der Waals surface area contributed by atoms with Crippen LogP contribution in [0.4, 0.5) is 23.4 Å². The fourth-order valence-electron chi connectivity index (χ4n) is 1.70. The molecule has 8 heteroatoms. The van der Waals surface area contributed by atoms with Crippen molar-refractivity contribution >= 4 is 5.82 Å². The van der Waals surface area contributed by atoms with Crippen LogP contribution in [0.5, 0.6) is 0 Å². The lowest BCUT2D eigenvalue weighted by molar-refractivity contribution is -0.168. The van der Waals surface area contributed by atoms with Gasteiger partial charge in [-0.1, -0.05) is 6.92 Å². The van der Waals surface area contributed by atoms with Gasteiger partial charge in [0.05, 0.1) is 0 Å². The van der Waals surface area contributed by atoms with Crippen molar-refractivity contribution < 1.29 is 22.3 Å². The minimum Gasteiger partial charge on any atom is -0.370 e. The molecule has 0 unspecified atom stereocenters. The normalized spacial score (nSPS) is 12.0. The SMILES string of the molecule is CCNc1nc(COCC(F)(F)C(F)F)nc(CC)c1C. The second-order valence-electron chi connectivity index (χ2n) is 4.50. The van der Waals surface area contributed by atoms with Crippen LogP contribution in [-0.4, -0.2) is 35.5 Å². The highest BCUT2D eigenvalue weighted by Gasteiger charge is 2.41. The number of hydrogen-bond acceptors (Lipinski definition) is 4. The molecule has 0 aliphatic heterocycles. The molecular weight excluding hydrogens is 290 g/mol. The van der Waals surface area contributed by atoms with Crippen LogP contribution in [0.2, 0.25) is 0 Å². The maximum Gasteiger partial charge on any atom is 0.330 e. The lowest BCUT2D eigenvalue weighted by Crippen LogP contribution is -2.32. The van der Waals surface area contributed by atoms with Crippen LogP contribution in [0.1, 0.15) is 30.9 Å². The monoisotopic (exact) mass is 309 g/mol. The predicted octanol–water partition coefficient (Wildman–Crippen LogP) is 3.20. The Balaban J connectivity index is 2.77. The smallest absolute Gasteiger partial charge is 0.330 e. The van der Waals surface area contributed by atoms with E-state index in [0.717, 1.165) is 11.3 Å². The summed E-state index contributed by atoms with van der Waals surface area (Å²) in [6, 6.07) is 0. The van der Waals surface area contributed by atoms with E-state index in [-0.39, 0.29) is 12.4 Å². The molecule has 0 bridgehead atoms.